The zero-order valence-corrected chi connectivity index (χ0v) is 22.1. The molecule has 0 unspecified atom stereocenters. The molecule has 0 aliphatic carbocycles. The van der Waals surface area contributed by atoms with Crippen LogP contribution in [0.15, 0.2) is 115 Å². The van der Waals surface area contributed by atoms with Crippen molar-refractivity contribution in [2.24, 2.45) is 0 Å². The summed E-state index contributed by atoms with van der Waals surface area (Å²) >= 11 is 0. The Morgan fingerprint density at radius 2 is 1.27 bits per heavy atom. The quantitative estimate of drug-likeness (QED) is 0.268. The van der Waals surface area contributed by atoms with Gasteiger partial charge in [0.1, 0.15) is 0 Å². The summed E-state index contributed by atoms with van der Waals surface area (Å²) in [7, 11) is 0. The molecule has 40 heavy (non-hydrogen) atoms. The Bertz CT molecular complexity index is 1630. The number of rotatable bonds is 6. The van der Waals surface area contributed by atoms with Crippen LogP contribution in [0.1, 0.15) is 5.56 Å². The molecule has 2 N–H and O–H groups in total. The summed E-state index contributed by atoms with van der Waals surface area (Å²) in [6.45, 7) is 5.31. The van der Waals surface area contributed by atoms with Crippen LogP contribution in [0.4, 0.5) is 5.69 Å². The number of aromatic nitrogens is 1. The van der Waals surface area contributed by atoms with Crippen LogP contribution in [0.3, 0.4) is 0 Å². The summed E-state index contributed by atoms with van der Waals surface area (Å²) in [5, 5.41) is 19.5. The van der Waals surface area contributed by atoms with Crippen molar-refractivity contribution in [3.63, 3.8) is 0 Å². The van der Waals surface area contributed by atoms with Gasteiger partial charge in [0, 0.05) is 67.5 Å². The molecule has 7 heteroatoms. The highest BCUT2D eigenvalue weighted by molar-refractivity contribution is 5.94. The number of nitrogens with zero attached hydrogens (tertiary/aromatic N) is 3. The Morgan fingerprint density at radius 3 is 1.98 bits per heavy atom. The van der Waals surface area contributed by atoms with Gasteiger partial charge in [-0.25, -0.2) is 9.59 Å². The second kappa shape index (κ2) is 12.3. The van der Waals surface area contributed by atoms with E-state index in [0.29, 0.717) is 12.2 Å². The van der Waals surface area contributed by atoms with Gasteiger partial charge in [-0.2, -0.15) is 0 Å². The van der Waals surface area contributed by atoms with Gasteiger partial charge in [-0.1, -0.05) is 72.8 Å². The Labute approximate surface area is 232 Å². The first-order chi connectivity index (χ1) is 19.5. The number of carboxylic acids is 2. The smallest absolute Gasteiger partial charge is 0.328 e. The van der Waals surface area contributed by atoms with Crippen LogP contribution in [-0.2, 0) is 16.1 Å². The molecule has 4 aromatic carbocycles. The van der Waals surface area contributed by atoms with Crippen LogP contribution in [0.5, 0.6) is 0 Å². The summed E-state index contributed by atoms with van der Waals surface area (Å²) in [5.41, 5.74) is 5.27. The minimum Gasteiger partial charge on any atom is -0.478 e. The molecule has 0 saturated carbocycles. The zero-order valence-electron chi connectivity index (χ0n) is 22.1. The average molecular weight is 534 g/mol. The number of carboxylic acid groups (broad SMARTS) is 2. The van der Waals surface area contributed by atoms with E-state index in [1.54, 1.807) is 0 Å². The fraction of sp³-hybridized carbons (Fsp3) is 0.152. The predicted octanol–water partition coefficient (Wildman–Crippen LogP) is 5.82. The van der Waals surface area contributed by atoms with Crippen molar-refractivity contribution >= 4 is 39.3 Å². The van der Waals surface area contributed by atoms with Gasteiger partial charge in [-0.05, 0) is 35.2 Å². The topological polar surface area (TPSA) is 86.0 Å². The standard InChI is InChI=1S/C29H27N3.C4H4O4/c1-2-11-25(12-3-1)31-19-17-30(18-20-31)21-24-22-32(28-15-7-6-14-27(24)28)29-16-8-10-23-9-4-5-13-26(23)29;5-3(6)1-2-4(7)8/h1-16,22H,17-21H2;1-2H,(H,5,6)(H,7,8)/b;2-1+. The van der Waals surface area contributed by atoms with Crippen LogP contribution in [0.25, 0.3) is 27.4 Å². The summed E-state index contributed by atoms with van der Waals surface area (Å²) in [6.07, 6.45) is 3.47. The summed E-state index contributed by atoms with van der Waals surface area (Å²) in [5.74, 6) is -2.51. The number of para-hydroxylation sites is 2. The van der Waals surface area contributed by atoms with Crippen LogP contribution >= 0.6 is 0 Å². The van der Waals surface area contributed by atoms with E-state index in [1.807, 2.05) is 0 Å². The third-order valence-corrected chi connectivity index (χ3v) is 7.08. The second-order valence-electron chi connectivity index (χ2n) is 9.65. The van der Waals surface area contributed by atoms with E-state index in [-0.39, 0.29) is 0 Å². The van der Waals surface area contributed by atoms with Gasteiger partial charge < -0.3 is 19.7 Å². The maximum Gasteiger partial charge on any atom is 0.328 e. The molecule has 1 saturated heterocycles. The molecule has 6 rings (SSSR count). The highest BCUT2D eigenvalue weighted by Crippen LogP contribution is 2.30. The molecule has 7 nitrogen and oxygen atoms in total. The van der Waals surface area contributed by atoms with Gasteiger partial charge in [0.15, 0.2) is 0 Å². The molecule has 1 aliphatic rings. The Balaban J connectivity index is 0.000000355. The molecular weight excluding hydrogens is 502 g/mol. The van der Waals surface area contributed by atoms with E-state index in [1.165, 1.54) is 38.6 Å². The Hall–Kier alpha value is -4.88. The third-order valence-electron chi connectivity index (χ3n) is 7.08. The molecule has 0 bridgehead atoms. The summed E-state index contributed by atoms with van der Waals surface area (Å²) < 4.78 is 2.38. The molecular formula is C33H31N3O4. The van der Waals surface area contributed by atoms with Gasteiger partial charge in [-0.15, -0.1) is 0 Å². The van der Waals surface area contributed by atoms with Crippen LogP contribution < -0.4 is 4.90 Å². The fourth-order valence-electron chi connectivity index (χ4n) is 5.18. The minimum atomic E-state index is -1.26. The van der Waals surface area contributed by atoms with E-state index >= 15 is 0 Å². The molecule has 1 aliphatic heterocycles. The van der Waals surface area contributed by atoms with Gasteiger partial charge in [0.05, 0.1) is 11.2 Å². The third kappa shape index (κ3) is 6.22. The Kier molecular flexibility index (Phi) is 8.23. The van der Waals surface area contributed by atoms with Crippen molar-refractivity contribution < 1.29 is 19.8 Å². The second-order valence-corrected chi connectivity index (χ2v) is 9.65. The lowest BCUT2D eigenvalue weighted by atomic mass is 10.1. The summed E-state index contributed by atoms with van der Waals surface area (Å²) in [6, 6.07) is 34.8. The highest BCUT2D eigenvalue weighted by Gasteiger charge is 2.19. The average Bonchev–Trinajstić information content (AvgIpc) is 3.35. The first-order valence-corrected chi connectivity index (χ1v) is 13.2. The van der Waals surface area contributed by atoms with Crippen LogP contribution in [0, 0.1) is 0 Å². The van der Waals surface area contributed by atoms with Crippen molar-refractivity contribution in [1.82, 2.24) is 9.47 Å². The SMILES string of the molecule is O=C(O)/C=C/C(=O)O.c1ccc(N2CCN(Cc3cn(-c4cccc5ccccc45)c4ccccc34)CC2)cc1. The lowest BCUT2D eigenvalue weighted by molar-refractivity contribution is -0.134. The number of piperazine rings is 1. The van der Waals surface area contributed by atoms with Gasteiger partial charge in [0.25, 0.3) is 0 Å². The van der Waals surface area contributed by atoms with Crippen LogP contribution in [-0.4, -0.2) is 57.8 Å². The number of fused-ring (bicyclic) bond motifs is 2. The lowest BCUT2D eigenvalue weighted by Crippen LogP contribution is -2.45. The van der Waals surface area contributed by atoms with Crippen LogP contribution in [0.2, 0.25) is 0 Å². The molecule has 0 spiro atoms. The number of anilines is 1. The highest BCUT2D eigenvalue weighted by atomic mass is 16.4. The molecule has 0 atom stereocenters. The van der Waals surface area contributed by atoms with E-state index in [9.17, 15) is 9.59 Å². The fourth-order valence-corrected chi connectivity index (χ4v) is 5.18. The van der Waals surface area contributed by atoms with Crippen molar-refractivity contribution in [2.45, 2.75) is 6.54 Å². The molecule has 1 fully saturated rings. The monoisotopic (exact) mass is 533 g/mol. The van der Waals surface area contributed by atoms with Gasteiger partial charge in [0.2, 0.25) is 0 Å². The maximum absolute atomic E-state index is 9.55. The largest absolute Gasteiger partial charge is 0.478 e. The van der Waals surface area contributed by atoms with Crippen molar-refractivity contribution in [1.29, 1.82) is 0 Å². The minimum absolute atomic E-state index is 0.558. The van der Waals surface area contributed by atoms with E-state index in [0.717, 1.165) is 32.7 Å². The van der Waals surface area contributed by atoms with E-state index in [4.69, 9.17) is 10.2 Å². The summed E-state index contributed by atoms with van der Waals surface area (Å²) in [4.78, 5) is 24.2. The molecule has 0 amide bonds. The molecule has 1 aromatic heterocycles. The van der Waals surface area contributed by atoms with Gasteiger partial charge >= 0.3 is 11.9 Å². The first kappa shape index (κ1) is 26.7. The number of hydrogen-bond donors (Lipinski definition) is 2. The number of aliphatic carboxylic acids is 2. The maximum atomic E-state index is 9.55. The first-order valence-electron chi connectivity index (χ1n) is 13.2. The van der Waals surface area contributed by atoms with Crippen molar-refractivity contribution in [3.05, 3.63) is 121 Å². The Morgan fingerprint density at radius 1 is 0.675 bits per heavy atom. The van der Waals surface area contributed by atoms with Crippen molar-refractivity contribution in [3.8, 4) is 5.69 Å². The van der Waals surface area contributed by atoms with Gasteiger partial charge in [-0.3, -0.25) is 4.90 Å². The molecule has 2 heterocycles. The normalized spacial score (nSPS) is 13.8. The molecule has 5 aromatic rings. The zero-order chi connectivity index (χ0) is 27.9. The number of benzene rings is 4. The lowest BCUT2D eigenvalue weighted by Gasteiger charge is -2.36. The van der Waals surface area contributed by atoms with E-state index < -0.39 is 11.9 Å². The predicted molar refractivity (Wildman–Crippen MR) is 159 cm³/mol. The molecule has 202 valence electrons. The van der Waals surface area contributed by atoms with Crippen molar-refractivity contribution in [2.75, 3.05) is 31.1 Å². The molecule has 0 radical (unpaired) electrons. The number of hydrogen-bond acceptors (Lipinski definition) is 4. The number of carbonyl (C=O) groups is 2. The van der Waals surface area contributed by atoms with E-state index in [2.05, 4.69) is 118 Å².